The number of rotatable bonds is 7. The first-order valence-electron chi connectivity index (χ1n) is 7.99. The predicted octanol–water partition coefficient (Wildman–Crippen LogP) is 3.76. The van der Waals surface area contributed by atoms with Crippen LogP contribution in [-0.2, 0) is 19.6 Å². The number of amides is 1. The van der Waals surface area contributed by atoms with Crippen LogP contribution in [0.1, 0.15) is 18.9 Å². The highest BCUT2D eigenvalue weighted by atomic mass is 127. The summed E-state index contributed by atoms with van der Waals surface area (Å²) in [5.74, 6) is -0.314. The Labute approximate surface area is 167 Å². The fraction of sp³-hybridized carbons (Fsp3) is 0.278. The van der Waals surface area contributed by atoms with E-state index in [1.54, 1.807) is 18.2 Å². The molecule has 0 saturated heterocycles. The lowest BCUT2D eigenvalue weighted by Gasteiger charge is -2.14. The molecule has 0 heterocycles. The van der Waals surface area contributed by atoms with Crippen LogP contribution in [-0.4, -0.2) is 27.5 Å². The van der Waals surface area contributed by atoms with Crippen LogP contribution in [0.25, 0.3) is 0 Å². The summed E-state index contributed by atoms with van der Waals surface area (Å²) in [6.45, 7) is 3.73. The predicted molar refractivity (Wildman–Crippen MR) is 111 cm³/mol. The number of anilines is 2. The van der Waals surface area contributed by atoms with Gasteiger partial charge < -0.3 is 10.1 Å². The second kappa shape index (κ2) is 8.83. The summed E-state index contributed by atoms with van der Waals surface area (Å²) in [7, 11) is -2.32. The van der Waals surface area contributed by atoms with Crippen molar-refractivity contribution in [1.82, 2.24) is 0 Å². The number of halogens is 1. The maximum atomic E-state index is 12.7. The molecule has 0 aliphatic carbocycles. The zero-order valence-corrected chi connectivity index (χ0v) is 17.7. The number of aryl methyl sites for hydroxylation is 1. The molecule has 6 nitrogen and oxygen atoms in total. The summed E-state index contributed by atoms with van der Waals surface area (Å²) in [6.07, 6.45) is -0.0597. The van der Waals surface area contributed by atoms with Gasteiger partial charge in [0.2, 0.25) is 0 Å². The van der Waals surface area contributed by atoms with Crippen LogP contribution in [0.15, 0.2) is 47.4 Å². The van der Waals surface area contributed by atoms with Gasteiger partial charge in [0.15, 0.2) is 0 Å². The molecule has 2 rings (SSSR count). The van der Waals surface area contributed by atoms with Crippen LogP contribution < -0.4 is 10.0 Å². The number of ether oxygens (including phenoxy) is 1. The van der Waals surface area contributed by atoms with Gasteiger partial charge in [0.05, 0.1) is 10.6 Å². The second-order valence-corrected chi connectivity index (χ2v) is 8.58. The third-order valence-electron chi connectivity index (χ3n) is 3.73. The van der Waals surface area contributed by atoms with Gasteiger partial charge >= 0.3 is 0 Å². The smallest absolute Gasteiger partial charge is 0.262 e. The molecule has 0 fully saturated rings. The summed E-state index contributed by atoms with van der Waals surface area (Å²) in [5, 5.41) is 2.68. The molecule has 1 unspecified atom stereocenters. The number of sulfonamides is 1. The highest BCUT2D eigenvalue weighted by Crippen LogP contribution is 2.24. The van der Waals surface area contributed by atoms with E-state index < -0.39 is 16.1 Å². The van der Waals surface area contributed by atoms with Crippen LogP contribution in [0.3, 0.4) is 0 Å². The number of hydrogen-bond acceptors (Lipinski definition) is 4. The topological polar surface area (TPSA) is 84.5 Å². The number of carbonyl (C=O) groups is 1. The van der Waals surface area contributed by atoms with Crippen molar-refractivity contribution in [1.29, 1.82) is 0 Å². The molecular formula is C18H21IN2O4S. The maximum Gasteiger partial charge on any atom is 0.262 e. The number of methoxy groups -OCH3 is 1. The molecule has 0 saturated carbocycles. The molecule has 2 aromatic rings. The zero-order chi connectivity index (χ0) is 19.3. The number of nitrogens with one attached hydrogen (secondary N) is 2. The minimum absolute atomic E-state index is 0.0677. The maximum absolute atomic E-state index is 12.7. The normalized spacial score (nSPS) is 12.5. The molecule has 0 aliphatic heterocycles. The highest BCUT2D eigenvalue weighted by Gasteiger charge is 2.19. The Morgan fingerprint density at radius 3 is 2.62 bits per heavy atom. The molecule has 1 atom stereocenters. The average molecular weight is 488 g/mol. The Bertz CT molecular complexity index is 896. The Balaban J connectivity index is 2.25. The molecule has 2 aromatic carbocycles. The zero-order valence-electron chi connectivity index (χ0n) is 14.7. The lowest BCUT2D eigenvalue weighted by molar-refractivity contribution is -0.125. The quantitative estimate of drug-likeness (QED) is 0.582. The van der Waals surface area contributed by atoms with Crippen LogP contribution in [0.4, 0.5) is 11.4 Å². The fourth-order valence-electron chi connectivity index (χ4n) is 2.34. The van der Waals surface area contributed by atoms with E-state index in [1.807, 2.05) is 26.0 Å². The Morgan fingerprint density at radius 2 is 1.96 bits per heavy atom. The third kappa shape index (κ3) is 5.18. The van der Waals surface area contributed by atoms with Crippen molar-refractivity contribution in [2.75, 3.05) is 17.1 Å². The van der Waals surface area contributed by atoms with Gasteiger partial charge in [-0.2, -0.15) is 0 Å². The fourth-order valence-corrected chi connectivity index (χ4v) is 4.11. The minimum Gasteiger partial charge on any atom is -0.372 e. The van der Waals surface area contributed by atoms with E-state index in [9.17, 15) is 13.2 Å². The standard InChI is InChI=1S/C18H21IN2O4S/c1-4-17(25-3)18(22)20-13-6-5-7-14(11-13)26(23,24)21-16-10-12(2)8-9-15(16)19/h5-11,17,21H,4H2,1-3H3,(H,20,22). The molecular weight excluding hydrogens is 467 g/mol. The van der Waals surface area contributed by atoms with E-state index in [-0.39, 0.29) is 10.8 Å². The summed E-state index contributed by atoms with van der Waals surface area (Å²) >= 11 is 2.08. The van der Waals surface area contributed by atoms with E-state index in [2.05, 4.69) is 32.6 Å². The second-order valence-electron chi connectivity index (χ2n) is 5.74. The largest absolute Gasteiger partial charge is 0.372 e. The minimum atomic E-state index is -3.78. The van der Waals surface area contributed by atoms with Gasteiger partial charge in [0.25, 0.3) is 15.9 Å². The lowest BCUT2D eigenvalue weighted by Crippen LogP contribution is -2.28. The number of hydrogen-bond donors (Lipinski definition) is 2. The Hall–Kier alpha value is -1.65. The van der Waals surface area contributed by atoms with Gasteiger partial charge in [-0.15, -0.1) is 0 Å². The van der Waals surface area contributed by atoms with Gasteiger partial charge in [-0.05, 0) is 71.8 Å². The van der Waals surface area contributed by atoms with Crippen LogP contribution >= 0.6 is 22.6 Å². The van der Waals surface area contributed by atoms with Crippen LogP contribution in [0, 0.1) is 10.5 Å². The summed E-state index contributed by atoms with van der Waals surface area (Å²) < 4.78 is 33.9. The van der Waals surface area contributed by atoms with Crippen molar-refractivity contribution in [2.24, 2.45) is 0 Å². The van der Waals surface area contributed by atoms with E-state index in [1.165, 1.54) is 19.2 Å². The van der Waals surface area contributed by atoms with Crippen molar-refractivity contribution in [3.05, 3.63) is 51.6 Å². The van der Waals surface area contributed by atoms with Gasteiger partial charge in [0, 0.05) is 16.4 Å². The Morgan fingerprint density at radius 1 is 1.23 bits per heavy atom. The molecule has 2 N–H and O–H groups in total. The molecule has 26 heavy (non-hydrogen) atoms. The van der Waals surface area contributed by atoms with Gasteiger partial charge in [-0.1, -0.05) is 19.1 Å². The molecule has 140 valence electrons. The van der Waals surface area contributed by atoms with Crippen molar-refractivity contribution < 1.29 is 17.9 Å². The van der Waals surface area contributed by atoms with E-state index in [0.29, 0.717) is 17.8 Å². The third-order valence-corrected chi connectivity index (χ3v) is 6.03. The monoisotopic (exact) mass is 488 g/mol. The van der Waals surface area contributed by atoms with Crippen molar-refractivity contribution >= 4 is 49.9 Å². The first-order chi connectivity index (χ1) is 12.3. The van der Waals surface area contributed by atoms with Crippen molar-refractivity contribution in [3.63, 3.8) is 0 Å². The number of carbonyl (C=O) groups excluding carboxylic acids is 1. The summed E-state index contributed by atoms with van der Waals surface area (Å²) in [5.41, 5.74) is 1.87. The molecule has 0 spiro atoms. The van der Waals surface area contributed by atoms with E-state index in [0.717, 1.165) is 9.13 Å². The summed E-state index contributed by atoms with van der Waals surface area (Å²) in [6, 6.07) is 11.7. The molecule has 0 bridgehead atoms. The van der Waals surface area contributed by atoms with Gasteiger partial charge in [-0.3, -0.25) is 9.52 Å². The van der Waals surface area contributed by atoms with E-state index >= 15 is 0 Å². The Kier molecular flexibility index (Phi) is 7.01. The van der Waals surface area contributed by atoms with Crippen LogP contribution in [0.5, 0.6) is 0 Å². The van der Waals surface area contributed by atoms with Crippen LogP contribution in [0.2, 0.25) is 0 Å². The highest BCUT2D eigenvalue weighted by molar-refractivity contribution is 14.1. The first kappa shape index (κ1) is 20.7. The molecule has 0 aliphatic rings. The van der Waals surface area contributed by atoms with Gasteiger partial charge in [-0.25, -0.2) is 8.42 Å². The number of benzene rings is 2. The first-order valence-corrected chi connectivity index (χ1v) is 10.6. The van der Waals surface area contributed by atoms with E-state index in [4.69, 9.17) is 4.74 Å². The SMILES string of the molecule is CCC(OC)C(=O)Nc1cccc(S(=O)(=O)Nc2cc(C)ccc2I)c1. The molecule has 0 aromatic heterocycles. The summed E-state index contributed by atoms with van der Waals surface area (Å²) in [4.78, 5) is 12.2. The van der Waals surface area contributed by atoms with Gasteiger partial charge in [0.1, 0.15) is 6.10 Å². The van der Waals surface area contributed by atoms with Crippen molar-refractivity contribution in [3.8, 4) is 0 Å². The molecule has 1 amide bonds. The molecule has 0 radical (unpaired) electrons. The average Bonchev–Trinajstić information content (AvgIpc) is 2.59. The molecule has 8 heteroatoms. The lowest BCUT2D eigenvalue weighted by atomic mass is 10.2. The van der Waals surface area contributed by atoms with Crippen molar-refractivity contribution in [2.45, 2.75) is 31.3 Å².